The fraction of sp³-hybridized carbons (Fsp3) is 0.444. The Balaban J connectivity index is 0.942. The number of nitrogens with one attached hydrogen (secondary N) is 3. The van der Waals surface area contributed by atoms with Crippen molar-refractivity contribution in [3.63, 3.8) is 0 Å². The molecule has 47 heavy (non-hydrogen) atoms. The van der Waals surface area contributed by atoms with E-state index >= 15 is 0 Å². The van der Waals surface area contributed by atoms with E-state index in [1.165, 1.54) is 11.9 Å². The molecule has 11 heteroatoms. The van der Waals surface area contributed by atoms with Crippen molar-refractivity contribution in [2.75, 3.05) is 56.9 Å². The highest BCUT2D eigenvalue weighted by molar-refractivity contribution is 6.10. The SMILES string of the molecule is CN/C=N\C(=N)c1ccc(C2=CCN(C(=O)CN3CC[C@]4(CCN(c5ccc(N)c(C(=N)C67CC(C#N)(C6)C7)c5)C4=O)C3)CC2)cc1. The van der Waals surface area contributed by atoms with Crippen LogP contribution in [-0.2, 0) is 9.59 Å². The third-order valence-electron chi connectivity index (χ3n) is 11.1. The summed E-state index contributed by atoms with van der Waals surface area (Å²) in [5.74, 6) is 0.367. The van der Waals surface area contributed by atoms with E-state index in [-0.39, 0.29) is 28.5 Å². The first-order chi connectivity index (χ1) is 22.6. The summed E-state index contributed by atoms with van der Waals surface area (Å²) >= 11 is 0. The number of likely N-dealkylation sites (tertiary alicyclic amines) is 1. The minimum Gasteiger partial charge on any atom is -0.398 e. The molecule has 2 aromatic rings. The minimum atomic E-state index is -0.502. The summed E-state index contributed by atoms with van der Waals surface area (Å²) in [7, 11) is 1.74. The van der Waals surface area contributed by atoms with Crippen LogP contribution in [0, 0.1) is 38.4 Å². The van der Waals surface area contributed by atoms with Crippen molar-refractivity contribution in [3.8, 4) is 6.07 Å². The number of carbonyl (C=O) groups is 2. The molecule has 3 aliphatic carbocycles. The summed E-state index contributed by atoms with van der Waals surface area (Å²) in [4.78, 5) is 37.1. The summed E-state index contributed by atoms with van der Waals surface area (Å²) in [6.07, 6.45) is 8.00. The quantitative estimate of drug-likeness (QED) is 0.197. The number of amides is 2. The summed E-state index contributed by atoms with van der Waals surface area (Å²) < 4.78 is 0. The van der Waals surface area contributed by atoms with Gasteiger partial charge in [-0.25, -0.2) is 4.99 Å². The van der Waals surface area contributed by atoms with Crippen molar-refractivity contribution in [1.82, 2.24) is 15.1 Å². The Hall–Kier alpha value is -4.82. The van der Waals surface area contributed by atoms with Gasteiger partial charge in [0.15, 0.2) is 5.84 Å². The lowest BCUT2D eigenvalue weighted by Gasteiger charge is -2.67. The standard InChI is InChI=1S/C36H41N9O2/c1-41-23-42-32(40)26-4-2-24(3-5-26)25-8-12-44(13-9-25)30(46)17-43-14-10-35(22-43)11-15-45(33(35)47)27-6-7-29(38)28(16-27)31(39)36-18-34(19-36,20-36)21-37/h2-8,16,23,39H,9-15,17-20,22,38H2,1H3,(H2,40,41,42)/t34?,35-,36?/m0/s1. The first-order valence-electron chi connectivity index (χ1n) is 16.4. The molecule has 2 aromatic carbocycles. The second-order valence-corrected chi connectivity index (χ2v) is 14.1. The molecule has 1 atom stereocenters. The number of hydrogen-bond acceptors (Lipinski definition) is 7. The Morgan fingerprint density at radius 3 is 2.53 bits per heavy atom. The van der Waals surface area contributed by atoms with Gasteiger partial charge in [-0.05, 0) is 74.4 Å². The van der Waals surface area contributed by atoms with Crippen molar-refractivity contribution >= 4 is 46.6 Å². The average molecular weight is 632 g/mol. The van der Waals surface area contributed by atoms with E-state index in [2.05, 4.69) is 27.4 Å². The van der Waals surface area contributed by atoms with Crippen LogP contribution in [0.4, 0.5) is 11.4 Å². The second kappa shape index (κ2) is 11.5. The number of nitrogens with zero attached hydrogens (tertiary/aromatic N) is 5. The molecule has 242 valence electrons. The fourth-order valence-electron chi connectivity index (χ4n) is 8.42. The zero-order chi connectivity index (χ0) is 33.0. The van der Waals surface area contributed by atoms with Crippen LogP contribution in [-0.4, -0.2) is 85.8 Å². The molecule has 3 aliphatic heterocycles. The lowest BCUT2D eigenvalue weighted by atomic mass is 9.34. The van der Waals surface area contributed by atoms with Gasteiger partial charge in [0.1, 0.15) is 0 Å². The fourth-order valence-corrected chi connectivity index (χ4v) is 8.42. The van der Waals surface area contributed by atoms with Gasteiger partial charge in [-0.3, -0.25) is 19.9 Å². The Morgan fingerprint density at radius 2 is 1.85 bits per heavy atom. The molecule has 0 radical (unpaired) electrons. The van der Waals surface area contributed by atoms with Gasteiger partial charge < -0.3 is 26.3 Å². The molecule has 2 bridgehead atoms. The Labute approximate surface area is 275 Å². The Morgan fingerprint density at radius 1 is 1.11 bits per heavy atom. The smallest absolute Gasteiger partial charge is 0.237 e. The van der Waals surface area contributed by atoms with E-state index in [9.17, 15) is 14.9 Å². The summed E-state index contributed by atoms with van der Waals surface area (Å²) in [6.45, 7) is 3.38. The van der Waals surface area contributed by atoms with Crippen LogP contribution in [0.3, 0.4) is 0 Å². The normalized spacial score (nSPS) is 28.2. The first-order valence-corrected chi connectivity index (χ1v) is 16.4. The van der Waals surface area contributed by atoms with Gasteiger partial charge in [-0.2, -0.15) is 5.26 Å². The molecule has 1 spiro atoms. The number of nitrogen functional groups attached to an aromatic ring is 1. The highest BCUT2D eigenvalue weighted by Crippen LogP contribution is 2.74. The number of benzene rings is 2. The minimum absolute atomic E-state index is 0.0827. The number of hydrogen-bond donors (Lipinski definition) is 4. The van der Waals surface area contributed by atoms with E-state index in [1.807, 2.05) is 46.2 Å². The predicted octanol–water partition coefficient (Wildman–Crippen LogP) is 3.65. The monoisotopic (exact) mass is 631 g/mol. The van der Waals surface area contributed by atoms with Crippen molar-refractivity contribution in [3.05, 3.63) is 65.2 Å². The van der Waals surface area contributed by atoms with Crippen molar-refractivity contribution < 1.29 is 9.59 Å². The molecule has 6 aliphatic rings. The first kappa shape index (κ1) is 30.8. The molecule has 11 nitrogen and oxygen atoms in total. The molecule has 8 rings (SSSR count). The van der Waals surface area contributed by atoms with Gasteiger partial charge in [0.2, 0.25) is 11.8 Å². The molecule has 3 heterocycles. The van der Waals surface area contributed by atoms with E-state index < -0.39 is 5.41 Å². The van der Waals surface area contributed by atoms with Crippen molar-refractivity contribution in [2.24, 2.45) is 21.2 Å². The lowest BCUT2D eigenvalue weighted by Crippen LogP contribution is -2.64. The Kier molecular flexibility index (Phi) is 7.51. The van der Waals surface area contributed by atoms with Crippen LogP contribution in [0.2, 0.25) is 0 Å². The number of amidine groups is 1. The van der Waals surface area contributed by atoms with E-state index in [4.69, 9.17) is 16.6 Å². The molecule has 5 fully saturated rings. The number of nitrogens with two attached hydrogens (primary N) is 1. The van der Waals surface area contributed by atoms with Crippen LogP contribution in [0.25, 0.3) is 5.57 Å². The predicted molar refractivity (Wildman–Crippen MR) is 182 cm³/mol. The number of anilines is 2. The van der Waals surface area contributed by atoms with Gasteiger partial charge in [0, 0.05) is 66.9 Å². The van der Waals surface area contributed by atoms with E-state index in [0.717, 1.165) is 55.3 Å². The molecule has 2 amide bonds. The highest BCUT2D eigenvalue weighted by atomic mass is 16.2. The van der Waals surface area contributed by atoms with Crippen molar-refractivity contribution in [1.29, 1.82) is 16.1 Å². The second-order valence-electron chi connectivity index (χ2n) is 14.1. The van der Waals surface area contributed by atoms with Crippen LogP contribution < -0.4 is 16.0 Å². The van der Waals surface area contributed by atoms with Gasteiger partial charge >= 0.3 is 0 Å². The van der Waals surface area contributed by atoms with Gasteiger partial charge in [0.25, 0.3) is 0 Å². The molecule has 0 unspecified atom stereocenters. The zero-order valence-corrected chi connectivity index (χ0v) is 26.8. The van der Waals surface area contributed by atoms with Crippen LogP contribution in [0.5, 0.6) is 0 Å². The van der Waals surface area contributed by atoms with Crippen LogP contribution in [0.15, 0.2) is 53.5 Å². The number of carbonyl (C=O) groups excluding carboxylic acids is 2. The summed E-state index contributed by atoms with van der Waals surface area (Å²) in [6, 6.07) is 15.8. The van der Waals surface area contributed by atoms with E-state index in [1.54, 1.807) is 13.1 Å². The molecule has 0 aromatic heterocycles. The van der Waals surface area contributed by atoms with E-state index in [0.29, 0.717) is 56.2 Å². The van der Waals surface area contributed by atoms with Crippen LogP contribution >= 0.6 is 0 Å². The zero-order valence-electron chi connectivity index (χ0n) is 26.8. The van der Waals surface area contributed by atoms with Crippen molar-refractivity contribution in [2.45, 2.75) is 38.5 Å². The maximum atomic E-state index is 13.9. The molecular weight excluding hydrogens is 590 g/mol. The third-order valence-corrected chi connectivity index (χ3v) is 11.1. The third kappa shape index (κ3) is 5.21. The maximum absolute atomic E-state index is 13.9. The molecule has 5 N–H and O–H groups in total. The average Bonchev–Trinajstić information content (AvgIpc) is 3.61. The molecular formula is C36H41N9O2. The largest absolute Gasteiger partial charge is 0.398 e. The molecule has 3 saturated carbocycles. The molecule has 2 saturated heterocycles. The topological polar surface area (TPSA) is 166 Å². The number of nitriles is 1. The van der Waals surface area contributed by atoms with Gasteiger partial charge in [-0.1, -0.05) is 30.3 Å². The Bertz CT molecular complexity index is 1750. The summed E-state index contributed by atoms with van der Waals surface area (Å²) in [5.41, 5.74) is 10.8. The summed E-state index contributed by atoms with van der Waals surface area (Å²) in [5, 5.41) is 29.2. The maximum Gasteiger partial charge on any atom is 0.237 e. The highest BCUT2D eigenvalue weighted by Gasteiger charge is 2.70. The number of aliphatic imine (C=N–C) groups is 1. The lowest BCUT2D eigenvalue weighted by molar-refractivity contribution is -0.132. The van der Waals surface area contributed by atoms with Gasteiger partial charge in [0.05, 0.1) is 29.8 Å². The van der Waals surface area contributed by atoms with Crippen LogP contribution in [0.1, 0.15) is 55.2 Å². The number of rotatable bonds is 8. The van der Waals surface area contributed by atoms with Gasteiger partial charge in [-0.15, -0.1) is 0 Å².